The third-order valence-electron chi connectivity index (χ3n) is 1.87. The molecule has 3 heteroatoms. The molecule has 0 amide bonds. The molecule has 1 aromatic carbocycles. The Kier molecular flexibility index (Phi) is 3.35. The standard InChI is InChI=1S/C12H17NO2/c1-12(2,3)13-10-7-5-4-6-9(10)8-11(14)15/h4-7,13H,8H2,1-3H3,(H,14,15). The third-order valence-corrected chi connectivity index (χ3v) is 1.87. The number of anilines is 1. The Balaban J connectivity index is 2.91. The van der Waals surface area contributed by atoms with Crippen LogP contribution in [0.4, 0.5) is 5.69 Å². The van der Waals surface area contributed by atoms with Crippen molar-refractivity contribution in [1.29, 1.82) is 0 Å². The molecule has 0 aromatic heterocycles. The monoisotopic (exact) mass is 207 g/mol. The third kappa shape index (κ3) is 4.02. The highest BCUT2D eigenvalue weighted by atomic mass is 16.4. The van der Waals surface area contributed by atoms with Gasteiger partial charge in [-0.15, -0.1) is 0 Å². The first kappa shape index (κ1) is 11.6. The van der Waals surface area contributed by atoms with Crippen LogP contribution < -0.4 is 5.32 Å². The van der Waals surface area contributed by atoms with Gasteiger partial charge in [0.1, 0.15) is 0 Å². The minimum Gasteiger partial charge on any atom is -0.481 e. The van der Waals surface area contributed by atoms with E-state index in [1.165, 1.54) is 0 Å². The number of aliphatic carboxylic acids is 1. The molecule has 0 aliphatic carbocycles. The Morgan fingerprint density at radius 3 is 2.47 bits per heavy atom. The maximum absolute atomic E-state index is 10.7. The zero-order chi connectivity index (χ0) is 11.5. The molecule has 0 heterocycles. The number of carboxylic acids is 1. The SMILES string of the molecule is CC(C)(C)Nc1ccccc1CC(=O)O. The van der Waals surface area contributed by atoms with Gasteiger partial charge in [0.15, 0.2) is 0 Å². The number of hydrogen-bond acceptors (Lipinski definition) is 2. The summed E-state index contributed by atoms with van der Waals surface area (Å²) in [7, 11) is 0. The van der Waals surface area contributed by atoms with E-state index in [1.807, 2.05) is 45.0 Å². The molecule has 1 rings (SSSR count). The molecule has 0 aliphatic rings. The molecule has 0 unspecified atom stereocenters. The van der Waals surface area contributed by atoms with Crippen molar-refractivity contribution in [3.8, 4) is 0 Å². The summed E-state index contributed by atoms with van der Waals surface area (Å²) in [5.74, 6) is -0.807. The summed E-state index contributed by atoms with van der Waals surface area (Å²) in [4.78, 5) is 10.7. The van der Waals surface area contributed by atoms with E-state index >= 15 is 0 Å². The van der Waals surface area contributed by atoms with Crippen molar-refractivity contribution in [1.82, 2.24) is 0 Å². The van der Waals surface area contributed by atoms with Crippen LogP contribution in [0.1, 0.15) is 26.3 Å². The van der Waals surface area contributed by atoms with E-state index < -0.39 is 5.97 Å². The lowest BCUT2D eigenvalue weighted by Gasteiger charge is -2.23. The molecule has 1 aromatic rings. The van der Waals surface area contributed by atoms with Gasteiger partial charge in [0.2, 0.25) is 0 Å². The van der Waals surface area contributed by atoms with Gasteiger partial charge < -0.3 is 10.4 Å². The number of carbonyl (C=O) groups is 1. The Bertz CT molecular complexity index is 353. The largest absolute Gasteiger partial charge is 0.481 e. The maximum Gasteiger partial charge on any atom is 0.307 e. The Morgan fingerprint density at radius 2 is 1.93 bits per heavy atom. The first-order valence-corrected chi connectivity index (χ1v) is 4.96. The molecule has 0 spiro atoms. The summed E-state index contributed by atoms with van der Waals surface area (Å²) >= 11 is 0. The van der Waals surface area contributed by atoms with Gasteiger partial charge in [-0.1, -0.05) is 18.2 Å². The highest BCUT2D eigenvalue weighted by Crippen LogP contribution is 2.20. The van der Waals surface area contributed by atoms with Crippen molar-refractivity contribution < 1.29 is 9.90 Å². The molecule has 0 aliphatic heterocycles. The van der Waals surface area contributed by atoms with E-state index in [4.69, 9.17) is 5.11 Å². The normalized spacial score (nSPS) is 11.1. The Morgan fingerprint density at radius 1 is 1.33 bits per heavy atom. The summed E-state index contributed by atoms with van der Waals surface area (Å²) < 4.78 is 0. The number of rotatable bonds is 3. The van der Waals surface area contributed by atoms with Crippen LogP contribution in [-0.2, 0) is 11.2 Å². The van der Waals surface area contributed by atoms with Gasteiger partial charge >= 0.3 is 5.97 Å². The molecule has 15 heavy (non-hydrogen) atoms. The molecule has 2 N–H and O–H groups in total. The molecule has 82 valence electrons. The summed E-state index contributed by atoms with van der Waals surface area (Å²) in [6.45, 7) is 6.14. The van der Waals surface area contributed by atoms with E-state index in [2.05, 4.69) is 5.32 Å². The zero-order valence-corrected chi connectivity index (χ0v) is 9.37. The van der Waals surface area contributed by atoms with Crippen LogP contribution in [-0.4, -0.2) is 16.6 Å². The summed E-state index contributed by atoms with van der Waals surface area (Å²) in [6, 6.07) is 7.50. The van der Waals surface area contributed by atoms with Crippen LogP contribution in [0.3, 0.4) is 0 Å². The molecule has 0 atom stereocenters. The average Bonchev–Trinajstić information content (AvgIpc) is 2.05. The minimum absolute atomic E-state index is 0.0548. The lowest BCUT2D eigenvalue weighted by atomic mass is 10.0. The number of nitrogens with one attached hydrogen (secondary N) is 1. The number of hydrogen-bond donors (Lipinski definition) is 2. The fourth-order valence-corrected chi connectivity index (χ4v) is 1.36. The van der Waals surface area contributed by atoms with Crippen molar-refractivity contribution >= 4 is 11.7 Å². The Labute approximate surface area is 90.1 Å². The van der Waals surface area contributed by atoms with E-state index in [0.29, 0.717) is 0 Å². The molecule has 3 nitrogen and oxygen atoms in total. The van der Waals surface area contributed by atoms with Crippen molar-refractivity contribution in [3.05, 3.63) is 29.8 Å². The number of benzene rings is 1. The lowest BCUT2D eigenvalue weighted by Crippen LogP contribution is -2.27. The van der Waals surface area contributed by atoms with E-state index in [-0.39, 0.29) is 12.0 Å². The van der Waals surface area contributed by atoms with Gasteiger partial charge in [0.05, 0.1) is 6.42 Å². The summed E-state index contributed by atoms with van der Waals surface area (Å²) in [5.41, 5.74) is 1.65. The lowest BCUT2D eigenvalue weighted by molar-refractivity contribution is -0.136. The smallest absolute Gasteiger partial charge is 0.307 e. The van der Waals surface area contributed by atoms with Crippen LogP contribution >= 0.6 is 0 Å². The van der Waals surface area contributed by atoms with E-state index in [1.54, 1.807) is 0 Å². The number of carboxylic acid groups (broad SMARTS) is 1. The fourth-order valence-electron chi connectivity index (χ4n) is 1.36. The topological polar surface area (TPSA) is 49.3 Å². The fraction of sp³-hybridized carbons (Fsp3) is 0.417. The average molecular weight is 207 g/mol. The first-order chi connectivity index (χ1) is 6.88. The highest BCUT2D eigenvalue weighted by Gasteiger charge is 2.12. The second-order valence-corrected chi connectivity index (χ2v) is 4.60. The molecular weight excluding hydrogens is 190 g/mol. The molecule has 0 bridgehead atoms. The van der Waals surface area contributed by atoms with Crippen LogP contribution in [0.2, 0.25) is 0 Å². The maximum atomic E-state index is 10.7. The van der Waals surface area contributed by atoms with Gasteiger partial charge in [0, 0.05) is 11.2 Å². The second kappa shape index (κ2) is 4.34. The zero-order valence-electron chi connectivity index (χ0n) is 9.37. The van der Waals surface area contributed by atoms with Gasteiger partial charge in [-0.25, -0.2) is 0 Å². The molecule has 0 saturated heterocycles. The van der Waals surface area contributed by atoms with Crippen LogP contribution in [0.5, 0.6) is 0 Å². The van der Waals surface area contributed by atoms with Gasteiger partial charge in [0.25, 0.3) is 0 Å². The Hall–Kier alpha value is -1.51. The van der Waals surface area contributed by atoms with Crippen molar-refractivity contribution in [2.75, 3.05) is 5.32 Å². The quantitative estimate of drug-likeness (QED) is 0.800. The predicted octanol–water partition coefficient (Wildman–Crippen LogP) is 2.52. The predicted molar refractivity (Wildman–Crippen MR) is 61.2 cm³/mol. The van der Waals surface area contributed by atoms with Crippen molar-refractivity contribution in [2.45, 2.75) is 32.7 Å². The van der Waals surface area contributed by atoms with E-state index in [0.717, 1.165) is 11.3 Å². The minimum atomic E-state index is -0.807. The molecule has 0 saturated carbocycles. The summed E-state index contributed by atoms with van der Waals surface area (Å²) in [5, 5.41) is 12.1. The highest BCUT2D eigenvalue weighted by molar-refractivity contribution is 5.73. The summed E-state index contributed by atoms with van der Waals surface area (Å²) in [6.07, 6.45) is 0.0548. The van der Waals surface area contributed by atoms with Gasteiger partial charge in [-0.3, -0.25) is 4.79 Å². The van der Waals surface area contributed by atoms with Gasteiger partial charge in [-0.2, -0.15) is 0 Å². The van der Waals surface area contributed by atoms with Crippen LogP contribution in [0.15, 0.2) is 24.3 Å². The first-order valence-electron chi connectivity index (χ1n) is 4.96. The molecule has 0 fully saturated rings. The number of para-hydroxylation sites is 1. The van der Waals surface area contributed by atoms with Gasteiger partial charge in [-0.05, 0) is 32.4 Å². The molecular formula is C12H17NO2. The van der Waals surface area contributed by atoms with Crippen molar-refractivity contribution in [2.24, 2.45) is 0 Å². The van der Waals surface area contributed by atoms with Crippen LogP contribution in [0.25, 0.3) is 0 Å². The van der Waals surface area contributed by atoms with Crippen LogP contribution in [0, 0.1) is 0 Å². The van der Waals surface area contributed by atoms with Crippen molar-refractivity contribution in [3.63, 3.8) is 0 Å². The molecule has 0 radical (unpaired) electrons. The second-order valence-electron chi connectivity index (χ2n) is 4.60. The van der Waals surface area contributed by atoms with E-state index in [9.17, 15) is 4.79 Å².